The fraction of sp³-hybridized carbons (Fsp3) is 0.833. The molecular weight excluding hydrogens is 236 g/mol. The van der Waals surface area contributed by atoms with E-state index in [9.17, 15) is 9.59 Å². The van der Waals surface area contributed by atoms with Crippen LogP contribution in [0.4, 0.5) is 0 Å². The van der Waals surface area contributed by atoms with Gasteiger partial charge in [-0.3, -0.25) is 9.59 Å². The Morgan fingerprint density at radius 2 is 1.83 bits per heavy atom. The Morgan fingerprint density at radius 1 is 1.17 bits per heavy atom. The van der Waals surface area contributed by atoms with Gasteiger partial charge in [0.1, 0.15) is 6.61 Å². The minimum absolute atomic E-state index is 0.0782. The Bertz CT molecular complexity index is 336. The van der Waals surface area contributed by atoms with Gasteiger partial charge in [0.25, 0.3) is 0 Å². The molecule has 0 aromatic heterocycles. The second-order valence-electron chi connectivity index (χ2n) is 5.32. The molecule has 0 aliphatic heterocycles. The summed E-state index contributed by atoms with van der Waals surface area (Å²) < 4.78 is 9.65. The molecule has 6 nitrogen and oxygen atoms in total. The van der Waals surface area contributed by atoms with Gasteiger partial charge in [0, 0.05) is 26.3 Å². The van der Waals surface area contributed by atoms with Crippen molar-refractivity contribution in [3.63, 3.8) is 0 Å². The molecule has 0 saturated heterocycles. The maximum Gasteiger partial charge on any atom is 0.246 e. The summed E-state index contributed by atoms with van der Waals surface area (Å²) in [5.74, 6) is -0.0204. The summed E-state index contributed by atoms with van der Waals surface area (Å²) in [6.07, 6.45) is 2.23. The molecule has 0 spiro atoms. The lowest BCUT2D eigenvalue weighted by atomic mass is 9.39. The van der Waals surface area contributed by atoms with E-state index in [1.165, 1.54) is 7.11 Å². The van der Waals surface area contributed by atoms with Crippen LogP contribution in [0.15, 0.2) is 0 Å². The Morgan fingerprint density at radius 3 is 2.39 bits per heavy atom. The molecule has 2 amide bonds. The first kappa shape index (κ1) is 13.3. The molecule has 3 aliphatic carbocycles. The number of amides is 2. The van der Waals surface area contributed by atoms with Crippen molar-refractivity contribution in [2.24, 2.45) is 5.41 Å². The quantitative estimate of drug-likeness (QED) is 0.598. The molecule has 102 valence electrons. The van der Waals surface area contributed by atoms with Crippen LogP contribution in [0.5, 0.6) is 0 Å². The van der Waals surface area contributed by atoms with Crippen molar-refractivity contribution in [3.8, 4) is 0 Å². The zero-order valence-electron chi connectivity index (χ0n) is 10.9. The first-order chi connectivity index (χ1) is 8.56. The molecule has 0 heterocycles. The van der Waals surface area contributed by atoms with Gasteiger partial charge >= 0.3 is 0 Å². The van der Waals surface area contributed by atoms with Gasteiger partial charge < -0.3 is 20.1 Å². The van der Waals surface area contributed by atoms with Crippen molar-refractivity contribution in [3.05, 3.63) is 0 Å². The highest BCUT2D eigenvalue weighted by molar-refractivity contribution is 5.88. The minimum atomic E-state index is -0.242. The molecule has 6 heteroatoms. The number of hydrogen-bond acceptors (Lipinski definition) is 4. The zero-order chi connectivity index (χ0) is 13.2. The van der Waals surface area contributed by atoms with Crippen LogP contribution in [0, 0.1) is 5.41 Å². The number of carbonyl (C=O) groups is 2. The Labute approximate surface area is 106 Å². The average molecular weight is 256 g/mol. The third kappa shape index (κ3) is 2.22. The van der Waals surface area contributed by atoms with E-state index < -0.39 is 0 Å². The van der Waals surface area contributed by atoms with Gasteiger partial charge in [-0.2, -0.15) is 0 Å². The van der Waals surface area contributed by atoms with Gasteiger partial charge in [-0.05, 0) is 19.3 Å². The maximum absolute atomic E-state index is 11.9. The van der Waals surface area contributed by atoms with Crippen LogP contribution in [-0.2, 0) is 19.1 Å². The molecule has 3 aliphatic rings. The van der Waals surface area contributed by atoms with Crippen LogP contribution in [-0.4, -0.2) is 51.3 Å². The second kappa shape index (κ2) is 4.85. The van der Waals surface area contributed by atoms with E-state index in [0.29, 0.717) is 13.2 Å². The summed E-state index contributed by atoms with van der Waals surface area (Å²) in [5.41, 5.74) is -0.387. The molecule has 0 radical (unpaired) electrons. The van der Waals surface area contributed by atoms with E-state index in [0.717, 1.165) is 19.3 Å². The third-order valence-electron chi connectivity index (χ3n) is 3.78. The van der Waals surface area contributed by atoms with Gasteiger partial charge in [-0.1, -0.05) is 0 Å². The Hall–Kier alpha value is -1.14. The summed E-state index contributed by atoms with van der Waals surface area (Å²) in [5, 5.41) is 5.80. The lowest BCUT2D eigenvalue weighted by Gasteiger charge is -2.69. The van der Waals surface area contributed by atoms with Gasteiger partial charge in [0.05, 0.1) is 12.0 Å². The zero-order valence-corrected chi connectivity index (χ0v) is 10.9. The van der Waals surface area contributed by atoms with Crippen molar-refractivity contribution < 1.29 is 19.1 Å². The van der Waals surface area contributed by atoms with E-state index in [-0.39, 0.29) is 29.4 Å². The van der Waals surface area contributed by atoms with E-state index in [1.807, 2.05) is 0 Å². The largest absolute Gasteiger partial charge is 0.383 e. The monoisotopic (exact) mass is 256 g/mol. The summed E-state index contributed by atoms with van der Waals surface area (Å²) in [7, 11) is 3.10. The second-order valence-corrected chi connectivity index (χ2v) is 5.32. The maximum atomic E-state index is 11.9. The summed E-state index contributed by atoms with van der Waals surface area (Å²) >= 11 is 0. The lowest BCUT2D eigenvalue weighted by Crippen LogP contribution is -2.78. The molecule has 3 rings (SSSR count). The van der Waals surface area contributed by atoms with Gasteiger partial charge in [-0.15, -0.1) is 0 Å². The van der Waals surface area contributed by atoms with Crippen LogP contribution in [0.3, 0.4) is 0 Å². The molecule has 0 atom stereocenters. The molecule has 2 N–H and O–H groups in total. The molecule has 0 aromatic rings. The smallest absolute Gasteiger partial charge is 0.246 e. The number of carbonyl (C=O) groups excluding carboxylic acids is 2. The summed E-state index contributed by atoms with van der Waals surface area (Å²) in [4.78, 5) is 23.3. The van der Waals surface area contributed by atoms with Gasteiger partial charge in [0.15, 0.2) is 0 Å². The highest BCUT2D eigenvalue weighted by atomic mass is 16.5. The molecule has 3 saturated carbocycles. The summed E-state index contributed by atoms with van der Waals surface area (Å²) in [6, 6.07) is 0. The molecule has 18 heavy (non-hydrogen) atoms. The van der Waals surface area contributed by atoms with Crippen molar-refractivity contribution in [1.82, 2.24) is 10.6 Å². The van der Waals surface area contributed by atoms with Crippen LogP contribution in [0.2, 0.25) is 0 Å². The van der Waals surface area contributed by atoms with Crippen molar-refractivity contribution in [2.45, 2.75) is 24.8 Å². The fourth-order valence-corrected chi connectivity index (χ4v) is 3.08. The van der Waals surface area contributed by atoms with Gasteiger partial charge in [0.2, 0.25) is 11.8 Å². The minimum Gasteiger partial charge on any atom is -0.383 e. The molecule has 3 fully saturated rings. The van der Waals surface area contributed by atoms with Crippen molar-refractivity contribution >= 4 is 11.8 Å². The van der Waals surface area contributed by atoms with Crippen LogP contribution >= 0.6 is 0 Å². The Kier molecular flexibility index (Phi) is 3.59. The SMILES string of the molecule is COCCNC(=O)C12CC(NC(=O)COC)(C1)C2. The van der Waals surface area contributed by atoms with Crippen LogP contribution in [0.25, 0.3) is 0 Å². The normalized spacial score (nSPS) is 32.1. The average Bonchev–Trinajstić information content (AvgIpc) is 2.22. The number of rotatable bonds is 7. The predicted molar refractivity (Wildman–Crippen MR) is 63.9 cm³/mol. The number of nitrogens with one attached hydrogen (secondary N) is 2. The van der Waals surface area contributed by atoms with Crippen molar-refractivity contribution in [2.75, 3.05) is 34.0 Å². The highest BCUT2D eigenvalue weighted by Crippen LogP contribution is 2.67. The third-order valence-corrected chi connectivity index (χ3v) is 3.78. The van der Waals surface area contributed by atoms with E-state index in [1.54, 1.807) is 7.11 Å². The Balaban J connectivity index is 1.72. The van der Waals surface area contributed by atoms with Crippen LogP contribution in [0.1, 0.15) is 19.3 Å². The van der Waals surface area contributed by atoms with E-state index >= 15 is 0 Å². The first-order valence-electron chi connectivity index (χ1n) is 6.13. The van der Waals surface area contributed by atoms with Crippen LogP contribution < -0.4 is 10.6 Å². The number of methoxy groups -OCH3 is 2. The lowest BCUT2D eigenvalue weighted by molar-refractivity contribution is -0.184. The highest BCUT2D eigenvalue weighted by Gasteiger charge is 2.72. The molecular formula is C12H20N2O4. The molecule has 0 aromatic carbocycles. The predicted octanol–water partition coefficient (Wildman–Crippen LogP) is -0.566. The van der Waals surface area contributed by atoms with Crippen molar-refractivity contribution in [1.29, 1.82) is 0 Å². The van der Waals surface area contributed by atoms with E-state index in [2.05, 4.69) is 10.6 Å². The number of hydrogen-bond donors (Lipinski definition) is 2. The number of ether oxygens (including phenoxy) is 2. The molecule has 2 bridgehead atoms. The standard InChI is InChI=1S/C12H20N2O4/c1-17-4-3-13-10(16)11-6-12(7-11,8-11)14-9(15)5-18-2/h3-8H2,1-2H3,(H,13,16)(H,14,15). The fourth-order valence-electron chi connectivity index (χ4n) is 3.08. The van der Waals surface area contributed by atoms with E-state index in [4.69, 9.17) is 9.47 Å². The topological polar surface area (TPSA) is 76.7 Å². The molecule has 0 unspecified atom stereocenters. The van der Waals surface area contributed by atoms with Gasteiger partial charge in [-0.25, -0.2) is 0 Å². The summed E-state index contributed by atoms with van der Waals surface area (Å²) in [6.45, 7) is 1.15. The first-order valence-corrected chi connectivity index (χ1v) is 6.13.